The van der Waals surface area contributed by atoms with Crippen LogP contribution in [0, 0.1) is 20.8 Å². The highest BCUT2D eigenvalue weighted by molar-refractivity contribution is 8.32. The van der Waals surface area contributed by atoms with Gasteiger partial charge in [-0.15, -0.1) is 0 Å². The molecule has 1 aliphatic rings. The van der Waals surface area contributed by atoms with Crippen LogP contribution in [-0.4, -0.2) is 24.5 Å². The lowest BCUT2D eigenvalue weighted by atomic mass is 9.95. The highest BCUT2D eigenvalue weighted by Gasteiger charge is 2.20. The van der Waals surface area contributed by atoms with Crippen molar-refractivity contribution in [2.45, 2.75) is 27.2 Å². The monoisotopic (exact) mass is 248 g/mol. The van der Waals surface area contributed by atoms with Gasteiger partial charge in [-0.2, -0.15) is 0 Å². The van der Waals surface area contributed by atoms with E-state index in [1.807, 2.05) is 0 Å². The summed E-state index contributed by atoms with van der Waals surface area (Å²) in [6, 6.07) is 2.34. The van der Waals surface area contributed by atoms with Crippen molar-refractivity contribution in [1.29, 1.82) is 0 Å². The van der Waals surface area contributed by atoms with Gasteiger partial charge in [0.25, 0.3) is 0 Å². The van der Waals surface area contributed by atoms with E-state index in [9.17, 15) is 0 Å². The molecule has 0 spiro atoms. The highest BCUT2D eigenvalue weighted by atomic mass is 32.3. The summed E-state index contributed by atoms with van der Waals surface area (Å²) >= 11 is 0. The van der Waals surface area contributed by atoms with Crippen LogP contribution >= 0.6 is 10.0 Å². The minimum atomic E-state index is -0.429. The molecule has 0 nitrogen and oxygen atoms in total. The summed E-state index contributed by atoms with van der Waals surface area (Å²) < 4.78 is 0. The molecule has 0 radical (unpaired) electrons. The van der Waals surface area contributed by atoms with Gasteiger partial charge in [0.1, 0.15) is 0 Å². The summed E-state index contributed by atoms with van der Waals surface area (Å²) in [6.45, 7) is 6.74. The standard InChI is InChI=1S/C16H24S/c1-11-7-12(2)15-8-14(10-17(4,5)6)9-16(15)13(11)3/h7,9H,8,10H2,1-6H3. The van der Waals surface area contributed by atoms with Crippen molar-refractivity contribution >= 4 is 16.1 Å². The Balaban J connectivity index is 2.38. The molecule has 0 aliphatic heterocycles. The van der Waals surface area contributed by atoms with Crippen LogP contribution in [0.2, 0.25) is 0 Å². The zero-order valence-corrected chi connectivity index (χ0v) is 12.8. The van der Waals surface area contributed by atoms with Crippen LogP contribution in [0.3, 0.4) is 0 Å². The molecular formula is C16H24S. The Bertz CT molecular complexity index is 487. The Labute approximate surface area is 107 Å². The molecule has 17 heavy (non-hydrogen) atoms. The van der Waals surface area contributed by atoms with E-state index in [-0.39, 0.29) is 0 Å². The first-order valence-electron chi connectivity index (χ1n) is 6.23. The smallest absolute Gasteiger partial charge is 0.00170 e. The predicted molar refractivity (Wildman–Crippen MR) is 82.6 cm³/mol. The first-order chi connectivity index (χ1) is 7.78. The second-order valence-corrected chi connectivity index (χ2v) is 10.7. The quantitative estimate of drug-likeness (QED) is 0.734. The number of hydrogen-bond acceptors (Lipinski definition) is 0. The van der Waals surface area contributed by atoms with Crippen molar-refractivity contribution in [1.82, 2.24) is 0 Å². The van der Waals surface area contributed by atoms with Gasteiger partial charge >= 0.3 is 0 Å². The van der Waals surface area contributed by atoms with Crippen LogP contribution in [0.15, 0.2) is 11.6 Å². The van der Waals surface area contributed by atoms with Gasteiger partial charge in [-0.3, -0.25) is 0 Å². The SMILES string of the molecule is Cc1cc(C)c2c(c1C)C=C(CS(C)(C)C)C2. The van der Waals surface area contributed by atoms with Crippen molar-refractivity contribution in [3.8, 4) is 0 Å². The van der Waals surface area contributed by atoms with E-state index in [1.165, 1.54) is 34.4 Å². The molecule has 1 heteroatoms. The van der Waals surface area contributed by atoms with Crippen molar-refractivity contribution in [2.24, 2.45) is 0 Å². The minimum absolute atomic E-state index is 0.429. The van der Waals surface area contributed by atoms with Crippen LogP contribution in [0.4, 0.5) is 0 Å². The summed E-state index contributed by atoms with van der Waals surface area (Å²) in [5.74, 6) is 1.29. The molecule has 0 saturated heterocycles. The molecule has 0 unspecified atom stereocenters. The highest BCUT2D eigenvalue weighted by Crippen LogP contribution is 2.41. The summed E-state index contributed by atoms with van der Waals surface area (Å²) in [7, 11) is -0.429. The molecule has 0 atom stereocenters. The maximum atomic E-state index is 2.46. The topological polar surface area (TPSA) is 0 Å². The lowest BCUT2D eigenvalue weighted by Gasteiger charge is -2.25. The fourth-order valence-corrected chi connectivity index (χ4v) is 4.03. The van der Waals surface area contributed by atoms with Crippen LogP contribution in [-0.2, 0) is 6.42 Å². The molecule has 0 amide bonds. The largest absolute Gasteiger partial charge is 0.246 e. The Hall–Kier alpha value is -0.690. The molecule has 0 N–H and O–H groups in total. The van der Waals surface area contributed by atoms with Crippen LogP contribution in [0.5, 0.6) is 0 Å². The van der Waals surface area contributed by atoms with E-state index in [1.54, 1.807) is 11.1 Å². The lowest BCUT2D eigenvalue weighted by Crippen LogP contribution is -2.02. The number of benzene rings is 1. The van der Waals surface area contributed by atoms with Crippen molar-refractivity contribution < 1.29 is 0 Å². The molecule has 94 valence electrons. The summed E-state index contributed by atoms with van der Waals surface area (Å²) in [5.41, 5.74) is 9.11. The summed E-state index contributed by atoms with van der Waals surface area (Å²) in [5, 5.41) is 0. The lowest BCUT2D eigenvalue weighted by molar-refractivity contribution is 1.14. The molecular weight excluding hydrogens is 224 g/mol. The first kappa shape index (κ1) is 12.8. The van der Waals surface area contributed by atoms with Gasteiger partial charge in [-0.25, -0.2) is 10.0 Å². The fourth-order valence-electron chi connectivity index (χ4n) is 2.73. The Morgan fingerprint density at radius 3 is 2.29 bits per heavy atom. The van der Waals surface area contributed by atoms with E-state index < -0.39 is 10.0 Å². The fraction of sp³-hybridized carbons (Fsp3) is 0.500. The Morgan fingerprint density at radius 2 is 1.71 bits per heavy atom. The third kappa shape index (κ3) is 2.60. The van der Waals surface area contributed by atoms with Gasteiger partial charge in [0, 0.05) is 0 Å². The number of fused-ring (bicyclic) bond motifs is 1. The average Bonchev–Trinajstić information content (AvgIpc) is 2.56. The average molecular weight is 248 g/mol. The Morgan fingerprint density at radius 1 is 1.06 bits per heavy atom. The predicted octanol–water partition coefficient (Wildman–Crippen LogP) is 4.25. The Kier molecular flexibility index (Phi) is 3.15. The molecule has 1 aromatic carbocycles. The maximum absolute atomic E-state index is 2.46. The molecule has 0 heterocycles. The van der Waals surface area contributed by atoms with Crippen LogP contribution in [0.1, 0.15) is 27.8 Å². The van der Waals surface area contributed by atoms with Gasteiger partial charge in [0.05, 0.1) is 0 Å². The molecule has 0 fully saturated rings. The van der Waals surface area contributed by atoms with Gasteiger partial charge in [0.2, 0.25) is 0 Å². The maximum Gasteiger partial charge on any atom is -0.00170 e. The molecule has 1 aromatic rings. The van der Waals surface area contributed by atoms with Gasteiger partial charge in [-0.1, -0.05) is 17.7 Å². The van der Waals surface area contributed by atoms with E-state index in [4.69, 9.17) is 0 Å². The van der Waals surface area contributed by atoms with Crippen molar-refractivity contribution in [3.05, 3.63) is 39.5 Å². The third-order valence-corrected chi connectivity index (χ3v) is 4.84. The van der Waals surface area contributed by atoms with E-state index in [0.29, 0.717) is 0 Å². The molecule has 0 aromatic heterocycles. The molecule has 1 aliphatic carbocycles. The first-order valence-corrected chi connectivity index (χ1v) is 9.26. The molecule has 0 saturated carbocycles. The zero-order chi connectivity index (χ0) is 12.8. The second-order valence-electron chi connectivity index (χ2n) is 6.24. The van der Waals surface area contributed by atoms with E-state index >= 15 is 0 Å². The number of hydrogen-bond donors (Lipinski definition) is 0. The summed E-state index contributed by atoms with van der Waals surface area (Å²) in [6.07, 6.45) is 10.9. The number of rotatable bonds is 2. The van der Waals surface area contributed by atoms with Crippen molar-refractivity contribution in [2.75, 3.05) is 24.5 Å². The second kappa shape index (κ2) is 4.20. The van der Waals surface area contributed by atoms with Crippen LogP contribution in [0.25, 0.3) is 6.08 Å². The van der Waals surface area contributed by atoms with Gasteiger partial charge in [-0.05, 0) is 79.5 Å². The third-order valence-electron chi connectivity index (χ3n) is 3.60. The molecule has 2 rings (SSSR count). The summed E-state index contributed by atoms with van der Waals surface area (Å²) in [4.78, 5) is 0. The molecule has 0 bridgehead atoms. The van der Waals surface area contributed by atoms with E-state index in [2.05, 4.69) is 51.7 Å². The number of aryl methyl sites for hydroxylation is 2. The van der Waals surface area contributed by atoms with E-state index in [0.717, 1.165) is 0 Å². The van der Waals surface area contributed by atoms with Crippen molar-refractivity contribution in [3.63, 3.8) is 0 Å². The minimum Gasteiger partial charge on any atom is -0.246 e. The van der Waals surface area contributed by atoms with Gasteiger partial charge < -0.3 is 0 Å². The zero-order valence-electron chi connectivity index (χ0n) is 12.0. The van der Waals surface area contributed by atoms with Gasteiger partial charge in [0.15, 0.2) is 0 Å². The van der Waals surface area contributed by atoms with Crippen LogP contribution < -0.4 is 0 Å². The normalized spacial score (nSPS) is 15.8.